The summed E-state index contributed by atoms with van der Waals surface area (Å²) in [5.74, 6) is -0.789. The molecule has 2 rings (SSSR count). The number of hydrogen-bond acceptors (Lipinski definition) is 3. The van der Waals surface area contributed by atoms with Crippen molar-refractivity contribution in [3.05, 3.63) is 59.7 Å². The highest BCUT2D eigenvalue weighted by atomic mass is 16.5. The number of anilines is 1. The van der Waals surface area contributed by atoms with E-state index in [9.17, 15) is 9.59 Å². The first kappa shape index (κ1) is 18.5. The first-order valence-electron chi connectivity index (χ1n) is 8.28. The van der Waals surface area contributed by atoms with Gasteiger partial charge in [0, 0.05) is 12.1 Å². The van der Waals surface area contributed by atoms with Crippen molar-refractivity contribution in [2.75, 3.05) is 11.9 Å². The fourth-order valence-corrected chi connectivity index (χ4v) is 2.39. The highest BCUT2D eigenvalue weighted by Crippen LogP contribution is 2.20. The molecule has 5 heteroatoms. The van der Waals surface area contributed by atoms with Crippen LogP contribution >= 0.6 is 0 Å². The number of hydrogen-bond donors (Lipinski definition) is 2. The van der Waals surface area contributed by atoms with Crippen LogP contribution in [-0.4, -0.2) is 23.6 Å². The van der Waals surface area contributed by atoms with Crippen LogP contribution in [0.4, 0.5) is 5.69 Å². The maximum absolute atomic E-state index is 12.0. The van der Waals surface area contributed by atoms with E-state index in [1.807, 2.05) is 31.2 Å². The third kappa shape index (κ3) is 5.64. The Hall–Kier alpha value is -2.82. The number of para-hydroxylation sites is 1. The summed E-state index contributed by atoms with van der Waals surface area (Å²) in [5.41, 5.74) is 2.33. The molecule has 0 radical (unpaired) electrons. The van der Waals surface area contributed by atoms with Crippen LogP contribution < -0.4 is 10.1 Å². The van der Waals surface area contributed by atoms with E-state index in [0.29, 0.717) is 30.7 Å². The zero-order chi connectivity index (χ0) is 18.2. The molecule has 0 fully saturated rings. The van der Waals surface area contributed by atoms with E-state index in [1.54, 1.807) is 31.2 Å². The van der Waals surface area contributed by atoms with Gasteiger partial charge in [-0.3, -0.25) is 9.59 Å². The average Bonchev–Trinajstić information content (AvgIpc) is 2.59. The van der Waals surface area contributed by atoms with Gasteiger partial charge < -0.3 is 15.2 Å². The van der Waals surface area contributed by atoms with E-state index in [2.05, 4.69) is 5.32 Å². The fraction of sp³-hybridized carbons (Fsp3) is 0.300. The second-order valence-corrected chi connectivity index (χ2v) is 5.95. The number of carbonyl (C=O) groups excluding carboxylic acids is 1. The van der Waals surface area contributed by atoms with Crippen LogP contribution in [0.5, 0.6) is 5.75 Å². The third-order valence-corrected chi connectivity index (χ3v) is 3.94. The van der Waals surface area contributed by atoms with Gasteiger partial charge in [0.1, 0.15) is 5.75 Å². The molecule has 1 amide bonds. The number of benzene rings is 2. The van der Waals surface area contributed by atoms with Gasteiger partial charge >= 0.3 is 5.97 Å². The zero-order valence-electron chi connectivity index (χ0n) is 14.5. The highest BCUT2D eigenvalue weighted by Gasteiger charge is 2.14. The SMILES string of the molecule is Cc1ccccc1OCCCC(=O)Nc1cccc(C(C)C(=O)O)c1. The van der Waals surface area contributed by atoms with E-state index in [0.717, 1.165) is 11.3 Å². The van der Waals surface area contributed by atoms with Crippen LogP contribution in [-0.2, 0) is 9.59 Å². The summed E-state index contributed by atoms with van der Waals surface area (Å²) in [6.45, 7) is 4.06. The van der Waals surface area contributed by atoms with Crippen LogP contribution in [0, 0.1) is 6.92 Å². The number of nitrogens with one attached hydrogen (secondary N) is 1. The normalized spacial score (nSPS) is 11.6. The lowest BCUT2D eigenvalue weighted by Gasteiger charge is -2.11. The van der Waals surface area contributed by atoms with Gasteiger partial charge in [-0.2, -0.15) is 0 Å². The van der Waals surface area contributed by atoms with E-state index < -0.39 is 11.9 Å². The van der Waals surface area contributed by atoms with Crippen molar-refractivity contribution in [1.82, 2.24) is 0 Å². The van der Waals surface area contributed by atoms with Crippen molar-refractivity contribution >= 4 is 17.6 Å². The van der Waals surface area contributed by atoms with Gasteiger partial charge in [-0.1, -0.05) is 30.3 Å². The van der Waals surface area contributed by atoms with Crippen molar-refractivity contribution in [3.8, 4) is 5.75 Å². The molecule has 25 heavy (non-hydrogen) atoms. The fourth-order valence-electron chi connectivity index (χ4n) is 2.39. The topological polar surface area (TPSA) is 75.6 Å². The summed E-state index contributed by atoms with van der Waals surface area (Å²) < 4.78 is 5.67. The molecule has 0 bridgehead atoms. The Labute approximate surface area is 147 Å². The predicted molar refractivity (Wildman–Crippen MR) is 97.0 cm³/mol. The van der Waals surface area contributed by atoms with Crippen molar-refractivity contribution in [2.24, 2.45) is 0 Å². The van der Waals surface area contributed by atoms with Crippen LogP contribution in [0.25, 0.3) is 0 Å². The van der Waals surface area contributed by atoms with E-state index in [1.165, 1.54) is 0 Å². The summed E-state index contributed by atoms with van der Waals surface area (Å²) in [4.78, 5) is 23.1. The number of rotatable bonds is 8. The Bertz CT molecular complexity index is 742. The van der Waals surface area contributed by atoms with Crippen molar-refractivity contribution < 1.29 is 19.4 Å². The molecule has 2 aromatic rings. The lowest BCUT2D eigenvalue weighted by Crippen LogP contribution is -2.14. The molecule has 0 aliphatic rings. The number of carboxylic acids is 1. The van der Waals surface area contributed by atoms with Gasteiger partial charge in [0.05, 0.1) is 12.5 Å². The summed E-state index contributed by atoms with van der Waals surface area (Å²) in [6, 6.07) is 14.7. The van der Waals surface area contributed by atoms with Crippen LogP contribution in [0.3, 0.4) is 0 Å². The van der Waals surface area contributed by atoms with Gasteiger partial charge in [-0.05, 0) is 49.6 Å². The molecular formula is C20H23NO4. The number of carboxylic acid groups (broad SMARTS) is 1. The molecule has 132 valence electrons. The van der Waals surface area contributed by atoms with Gasteiger partial charge in [0.15, 0.2) is 0 Å². The van der Waals surface area contributed by atoms with E-state index in [-0.39, 0.29) is 5.91 Å². The molecular weight excluding hydrogens is 318 g/mol. The maximum Gasteiger partial charge on any atom is 0.310 e. The van der Waals surface area contributed by atoms with Gasteiger partial charge in [0.25, 0.3) is 0 Å². The molecule has 1 unspecified atom stereocenters. The smallest absolute Gasteiger partial charge is 0.310 e. The Morgan fingerprint density at radius 3 is 2.64 bits per heavy atom. The Balaban J connectivity index is 1.79. The molecule has 0 saturated heterocycles. The standard InChI is InChI=1S/C20H23NO4/c1-14-7-3-4-10-18(14)25-12-6-11-19(22)21-17-9-5-8-16(13-17)15(2)20(23)24/h3-5,7-10,13,15H,6,11-12H2,1-2H3,(H,21,22)(H,23,24). The largest absolute Gasteiger partial charge is 0.493 e. The molecule has 0 spiro atoms. The minimum atomic E-state index is -0.892. The molecule has 0 saturated carbocycles. The number of amides is 1. The number of ether oxygens (including phenoxy) is 1. The monoisotopic (exact) mass is 341 g/mol. The van der Waals surface area contributed by atoms with Crippen molar-refractivity contribution in [3.63, 3.8) is 0 Å². The van der Waals surface area contributed by atoms with E-state index in [4.69, 9.17) is 9.84 Å². The number of carbonyl (C=O) groups is 2. The van der Waals surface area contributed by atoms with Crippen LogP contribution in [0.1, 0.15) is 36.8 Å². The van der Waals surface area contributed by atoms with Crippen LogP contribution in [0.15, 0.2) is 48.5 Å². The quantitative estimate of drug-likeness (QED) is 0.712. The Morgan fingerprint density at radius 2 is 1.92 bits per heavy atom. The first-order valence-corrected chi connectivity index (χ1v) is 8.28. The lowest BCUT2D eigenvalue weighted by molar-refractivity contribution is -0.138. The molecule has 0 aromatic heterocycles. The van der Waals surface area contributed by atoms with E-state index >= 15 is 0 Å². The molecule has 0 aliphatic heterocycles. The third-order valence-electron chi connectivity index (χ3n) is 3.94. The summed E-state index contributed by atoms with van der Waals surface area (Å²) >= 11 is 0. The molecule has 2 aromatic carbocycles. The maximum atomic E-state index is 12.0. The molecule has 0 heterocycles. The Kier molecular flexibility index (Phi) is 6.57. The van der Waals surface area contributed by atoms with Gasteiger partial charge in [-0.25, -0.2) is 0 Å². The lowest BCUT2D eigenvalue weighted by atomic mass is 10.0. The minimum Gasteiger partial charge on any atom is -0.493 e. The molecule has 1 atom stereocenters. The number of aryl methyl sites for hydroxylation is 1. The second kappa shape index (κ2) is 8.87. The minimum absolute atomic E-state index is 0.117. The summed E-state index contributed by atoms with van der Waals surface area (Å²) in [7, 11) is 0. The van der Waals surface area contributed by atoms with Gasteiger partial charge in [0.2, 0.25) is 5.91 Å². The summed E-state index contributed by atoms with van der Waals surface area (Å²) in [5, 5.41) is 11.9. The molecule has 0 aliphatic carbocycles. The zero-order valence-corrected chi connectivity index (χ0v) is 14.5. The number of aliphatic carboxylic acids is 1. The first-order chi connectivity index (χ1) is 12.0. The Morgan fingerprint density at radius 1 is 1.16 bits per heavy atom. The second-order valence-electron chi connectivity index (χ2n) is 5.95. The van der Waals surface area contributed by atoms with Crippen LogP contribution in [0.2, 0.25) is 0 Å². The van der Waals surface area contributed by atoms with Gasteiger partial charge in [-0.15, -0.1) is 0 Å². The molecule has 5 nitrogen and oxygen atoms in total. The average molecular weight is 341 g/mol. The highest BCUT2D eigenvalue weighted by molar-refractivity contribution is 5.91. The van der Waals surface area contributed by atoms with Crippen molar-refractivity contribution in [1.29, 1.82) is 0 Å². The summed E-state index contributed by atoms with van der Waals surface area (Å²) in [6.07, 6.45) is 0.940. The van der Waals surface area contributed by atoms with Crippen molar-refractivity contribution in [2.45, 2.75) is 32.6 Å². The molecule has 2 N–H and O–H groups in total. The predicted octanol–water partition coefficient (Wildman–Crippen LogP) is 3.98.